The quantitative estimate of drug-likeness (QED) is 0.845. The minimum absolute atomic E-state index is 0. The summed E-state index contributed by atoms with van der Waals surface area (Å²) in [6, 6.07) is 5.05. The predicted octanol–water partition coefficient (Wildman–Crippen LogP) is 2.68. The minimum atomic E-state index is -0.148. The van der Waals surface area contributed by atoms with Gasteiger partial charge in [0.25, 0.3) is 0 Å². The summed E-state index contributed by atoms with van der Waals surface area (Å²) in [7, 11) is 1.60. The second kappa shape index (κ2) is 5.33. The number of benzene rings is 1. The highest BCUT2D eigenvalue weighted by molar-refractivity contribution is 5.85. The molecule has 84 valence electrons. The molecular weight excluding hydrogens is 217 g/mol. The van der Waals surface area contributed by atoms with E-state index in [2.05, 4.69) is 5.32 Å². The van der Waals surface area contributed by atoms with Crippen molar-refractivity contribution < 1.29 is 9.13 Å². The zero-order valence-electron chi connectivity index (χ0n) is 8.63. The van der Waals surface area contributed by atoms with E-state index in [1.54, 1.807) is 19.2 Å². The molecular formula is C11H15ClFNO. The van der Waals surface area contributed by atoms with Crippen molar-refractivity contribution in [3.63, 3.8) is 0 Å². The summed E-state index contributed by atoms with van der Waals surface area (Å²) >= 11 is 0. The Morgan fingerprint density at radius 1 is 1.47 bits per heavy atom. The van der Waals surface area contributed by atoms with E-state index >= 15 is 0 Å². The maximum absolute atomic E-state index is 13.5. The molecule has 2 nitrogen and oxygen atoms in total. The van der Waals surface area contributed by atoms with Gasteiger partial charge in [0.05, 0.1) is 7.11 Å². The second-order valence-electron chi connectivity index (χ2n) is 3.54. The van der Waals surface area contributed by atoms with E-state index in [9.17, 15) is 4.39 Å². The van der Waals surface area contributed by atoms with Crippen LogP contribution in [0.2, 0.25) is 0 Å². The van der Waals surface area contributed by atoms with Crippen LogP contribution in [0.1, 0.15) is 24.4 Å². The van der Waals surface area contributed by atoms with Gasteiger partial charge < -0.3 is 10.1 Å². The lowest BCUT2D eigenvalue weighted by molar-refractivity contribution is 0.411. The number of nitrogens with one attached hydrogen (secondary N) is 1. The number of rotatable bonds is 2. The average Bonchev–Trinajstić information content (AvgIpc) is 2.71. The molecule has 0 saturated carbocycles. The average molecular weight is 232 g/mol. The van der Waals surface area contributed by atoms with Crippen LogP contribution in [-0.2, 0) is 0 Å². The Balaban J connectivity index is 0.00000112. The molecule has 0 bridgehead atoms. The molecule has 1 atom stereocenters. The van der Waals surface area contributed by atoms with E-state index in [-0.39, 0.29) is 24.3 Å². The lowest BCUT2D eigenvalue weighted by Crippen LogP contribution is -2.14. The summed E-state index contributed by atoms with van der Waals surface area (Å²) in [5.41, 5.74) is 0.724. The Labute approximate surface area is 95.2 Å². The number of ether oxygens (including phenoxy) is 1. The van der Waals surface area contributed by atoms with Crippen molar-refractivity contribution >= 4 is 12.4 Å². The molecule has 1 heterocycles. The third-order valence-corrected chi connectivity index (χ3v) is 2.64. The Morgan fingerprint density at radius 3 is 2.87 bits per heavy atom. The standard InChI is InChI=1S/C11H14FNO.ClH/c1-14-8-4-5-10(12)9(7-8)11-3-2-6-13-11;/h4-5,7,11,13H,2-3,6H2,1H3;1H/t11-;/m1./s1. The number of halogens is 2. The highest BCUT2D eigenvalue weighted by Crippen LogP contribution is 2.28. The first-order chi connectivity index (χ1) is 6.81. The van der Waals surface area contributed by atoms with Crippen molar-refractivity contribution in [3.05, 3.63) is 29.6 Å². The van der Waals surface area contributed by atoms with E-state index in [4.69, 9.17) is 4.74 Å². The molecule has 0 aliphatic carbocycles. The first kappa shape index (κ1) is 12.3. The summed E-state index contributed by atoms with van der Waals surface area (Å²) in [4.78, 5) is 0. The Morgan fingerprint density at radius 2 is 2.27 bits per heavy atom. The first-order valence-electron chi connectivity index (χ1n) is 4.88. The van der Waals surface area contributed by atoms with Crippen molar-refractivity contribution in [2.45, 2.75) is 18.9 Å². The van der Waals surface area contributed by atoms with Crippen LogP contribution >= 0.6 is 12.4 Å². The van der Waals surface area contributed by atoms with E-state index in [0.717, 1.165) is 30.7 Å². The van der Waals surface area contributed by atoms with Gasteiger partial charge in [-0.05, 0) is 37.6 Å². The maximum Gasteiger partial charge on any atom is 0.128 e. The Hall–Kier alpha value is -0.800. The summed E-state index contributed by atoms with van der Waals surface area (Å²) in [6.07, 6.45) is 2.12. The normalized spacial score (nSPS) is 19.7. The second-order valence-corrected chi connectivity index (χ2v) is 3.54. The van der Waals surface area contributed by atoms with Gasteiger partial charge in [0, 0.05) is 11.6 Å². The van der Waals surface area contributed by atoms with Crippen molar-refractivity contribution in [2.24, 2.45) is 0 Å². The van der Waals surface area contributed by atoms with Gasteiger partial charge in [0.1, 0.15) is 11.6 Å². The van der Waals surface area contributed by atoms with Gasteiger partial charge in [-0.1, -0.05) is 0 Å². The van der Waals surface area contributed by atoms with Crippen molar-refractivity contribution in [1.82, 2.24) is 5.32 Å². The van der Waals surface area contributed by atoms with E-state index in [1.165, 1.54) is 6.07 Å². The van der Waals surface area contributed by atoms with Gasteiger partial charge in [0.2, 0.25) is 0 Å². The molecule has 0 spiro atoms. The Bertz CT molecular complexity index is 326. The van der Waals surface area contributed by atoms with Gasteiger partial charge >= 0.3 is 0 Å². The van der Waals surface area contributed by atoms with Gasteiger partial charge in [-0.25, -0.2) is 4.39 Å². The van der Waals surface area contributed by atoms with Gasteiger partial charge in [-0.2, -0.15) is 0 Å². The van der Waals surface area contributed by atoms with Crippen LogP contribution in [0, 0.1) is 5.82 Å². The molecule has 4 heteroatoms. The van der Waals surface area contributed by atoms with Gasteiger partial charge in [0.15, 0.2) is 0 Å². The van der Waals surface area contributed by atoms with Crippen LogP contribution in [0.3, 0.4) is 0 Å². The molecule has 0 unspecified atom stereocenters. The maximum atomic E-state index is 13.5. The largest absolute Gasteiger partial charge is 0.497 e. The summed E-state index contributed by atoms with van der Waals surface area (Å²) in [5, 5.41) is 3.27. The third-order valence-electron chi connectivity index (χ3n) is 2.64. The molecule has 1 fully saturated rings. The van der Waals surface area contributed by atoms with Crippen LogP contribution in [-0.4, -0.2) is 13.7 Å². The molecule has 1 saturated heterocycles. The summed E-state index contributed by atoms with van der Waals surface area (Å²) in [6.45, 7) is 0.974. The van der Waals surface area contributed by atoms with E-state index in [0.29, 0.717) is 0 Å². The van der Waals surface area contributed by atoms with Crippen LogP contribution in [0.15, 0.2) is 18.2 Å². The minimum Gasteiger partial charge on any atom is -0.497 e. The number of methoxy groups -OCH3 is 1. The zero-order chi connectivity index (χ0) is 9.97. The zero-order valence-corrected chi connectivity index (χ0v) is 9.44. The van der Waals surface area contributed by atoms with Crippen LogP contribution in [0.5, 0.6) is 5.75 Å². The lowest BCUT2D eigenvalue weighted by atomic mass is 10.0. The molecule has 1 aliphatic heterocycles. The fraction of sp³-hybridized carbons (Fsp3) is 0.455. The molecule has 1 aromatic carbocycles. The fourth-order valence-corrected chi connectivity index (χ4v) is 1.87. The van der Waals surface area contributed by atoms with Gasteiger partial charge in [-0.15, -0.1) is 12.4 Å². The molecule has 0 amide bonds. The molecule has 15 heavy (non-hydrogen) atoms. The molecule has 0 radical (unpaired) electrons. The van der Waals surface area contributed by atoms with E-state index < -0.39 is 0 Å². The van der Waals surface area contributed by atoms with E-state index in [1.807, 2.05) is 0 Å². The van der Waals surface area contributed by atoms with Gasteiger partial charge in [-0.3, -0.25) is 0 Å². The molecule has 1 aromatic rings. The van der Waals surface area contributed by atoms with Crippen LogP contribution in [0.4, 0.5) is 4.39 Å². The summed E-state index contributed by atoms with van der Waals surface area (Å²) < 4.78 is 18.5. The topological polar surface area (TPSA) is 21.3 Å². The fourth-order valence-electron chi connectivity index (χ4n) is 1.87. The molecule has 1 N–H and O–H groups in total. The Kier molecular flexibility index (Phi) is 4.36. The SMILES string of the molecule is COc1ccc(F)c([C@H]2CCCN2)c1.Cl. The molecule has 0 aromatic heterocycles. The van der Waals surface area contributed by atoms with Crippen LogP contribution < -0.4 is 10.1 Å². The summed E-state index contributed by atoms with van der Waals surface area (Å²) in [5.74, 6) is 0.570. The lowest BCUT2D eigenvalue weighted by Gasteiger charge is -2.12. The predicted molar refractivity (Wildman–Crippen MR) is 60.2 cm³/mol. The molecule has 2 rings (SSSR count). The van der Waals surface area contributed by atoms with Crippen molar-refractivity contribution in [2.75, 3.05) is 13.7 Å². The highest BCUT2D eigenvalue weighted by atomic mass is 35.5. The van der Waals surface area contributed by atoms with Crippen LogP contribution in [0.25, 0.3) is 0 Å². The van der Waals surface area contributed by atoms with Crippen molar-refractivity contribution in [1.29, 1.82) is 0 Å². The van der Waals surface area contributed by atoms with Crippen molar-refractivity contribution in [3.8, 4) is 5.75 Å². The first-order valence-corrected chi connectivity index (χ1v) is 4.88. The smallest absolute Gasteiger partial charge is 0.128 e. The third kappa shape index (κ3) is 2.61. The monoisotopic (exact) mass is 231 g/mol. The highest BCUT2D eigenvalue weighted by Gasteiger charge is 2.19. The number of hydrogen-bond acceptors (Lipinski definition) is 2. The molecule has 1 aliphatic rings. The number of hydrogen-bond donors (Lipinski definition) is 1.